The lowest BCUT2D eigenvalue weighted by Gasteiger charge is -2.18. The van der Waals surface area contributed by atoms with Crippen molar-refractivity contribution < 1.29 is 0 Å². The molecule has 104 valence electrons. The highest BCUT2D eigenvalue weighted by molar-refractivity contribution is 5.80. The van der Waals surface area contributed by atoms with Gasteiger partial charge in [0.15, 0.2) is 0 Å². The van der Waals surface area contributed by atoms with Crippen LogP contribution in [0.5, 0.6) is 0 Å². The van der Waals surface area contributed by atoms with E-state index in [1.54, 1.807) is 0 Å². The molecule has 0 radical (unpaired) electrons. The van der Waals surface area contributed by atoms with Gasteiger partial charge in [-0.3, -0.25) is 0 Å². The number of rotatable bonds is 5. The van der Waals surface area contributed by atoms with Gasteiger partial charge in [0.2, 0.25) is 0 Å². The molecule has 1 N–H and O–H groups in total. The second kappa shape index (κ2) is 5.79. The number of hydrogen-bond donors (Lipinski definition) is 1. The fourth-order valence-electron chi connectivity index (χ4n) is 2.28. The Labute approximate surface area is 116 Å². The minimum absolute atomic E-state index is 0.390. The fraction of sp³-hybridized carbons (Fsp3) is 0.529. The molecular formula is C17H26N2. The second-order valence-electron chi connectivity index (χ2n) is 6.49. The first kappa shape index (κ1) is 14.1. The maximum atomic E-state index is 3.37. The average molecular weight is 258 g/mol. The number of aromatic nitrogens is 1. The van der Waals surface area contributed by atoms with Crippen LogP contribution in [0.1, 0.15) is 39.7 Å². The first-order valence-electron chi connectivity index (χ1n) is 7.28. The lowest BCUT2D eigenvalue weighted by molar-refractivity contribution is 0.353. The van der Waals surface area contributed by atoms with Crippen LogP contribution in [0.4, 0.5) is 0 Å². The number of fused-ring (bicyclic) bond motifs is 1. The number of aryl methyl sites for hydroxylation is 1. The molecule has 0 saturated heterocycles. The zero-order chi connectivity index (χ0) is 13.9. The summed E-state index contributed by atoms with van der Waals surface area (Å²) in [5, 5.41) is 4.73. The third kappa shape index (κ3) is 3.84. The number of benzene rings is 1. The van der Waals surface area contributed by atoms with Gasteiger partial charge in [-0.15, -0.1) is 0 Å². The van der Waals surface area contributed by atoms with E-state index in [-0.39, 0.29) is 0 Å². The van der Waals surface area contributed by atoms with E-state index in [1.165, 1.54) is 22.9 Å². The summed E-state index contributed by atoms with van der Waals surface area (Å²) in [6.45, 7) is 12.1. The summed E-state index contributed by atoms with van der Waals surface area (Å²) < 4.78 is 2.37. The quantitative estimate of drug-likeness (QED) is 0.851. The van der Waals surface area contributed by atoms with Crippen molar-refractivity contribution in [1.29, 1.82) is 0 Å². The molecule has 0 fully saturated rings. The molecule has 0 amide bonds. The summed E-state index contributed by atoms with van der Waals surface area (Å²) in [5.74, 6) is 0. The van der Waals surface area contributed by atoms with E-state index < -0.39 is 0 Å². The molecule has 2 aromatic rings. The van der Waals surface area contributed by atoms with Gasteiger partial charge >= 0.3 is 0 Å². The predicted octanol–water partition coefficient (Wildman–Crippen LogP) is 4.19. The lowest BCUT2D eigenvalue weighted by atomic mass is 9.92. The summed E-state index contributed by atoms with van der Waals surface area (Å²) >= 11 is 0. The van der Waals surface area contributed by atoms with Crippen molar-refractivity contribution in [2.75, 3.05) is 6.54 Å². The van der Waals surface area contributed by atoms with Crippen LogP contribution in [0.25, 0.3) is 10.9 Å². The summed E-state index contributed by atoms with van der Waals surface area (Å²) in [5.41, 5.74) is 3.11. The number of hydrogen-bond acceptors (Lipinski definition) is 1. The van der Waals surface area contributed by atoms with Crippen molar-refractivity contribution >= 4 is 10.9 Å². The van der Waals surface area contributed by atoms with E-state index in [0.717, 1.165) is 19.6 Å². The van der Waals surface area contributed by atoms with Crippen LogP contribution in [0, 0.1) is 5.41 Å². The molecule has 0 saturated carbocycles. The van der Waals surface area contributed by atoms with Crippen molar-refractivity contribution in [2.45, 2.75) is 47.2 Å². The third-order valence-electron chi connectivity index (χ3n) is 3.52. The zero-order valence-corrected chi connectivity index (χ0v) is 12.7. The summed E-state index contributed by atoms with van der Waals surface area (Å²) in [6.07, 6.45) is 3.42. The maximum Gasteiger partial charge on any atom is 0.0480 e. The number of nitrogens with one attached hydrogen (secondary N) is 1. The van der Waals surface area contributed by atoms with E-state index in [0.29, 0.717) is 5.41 Å². The Balaban J connectivity index is 2.15. The molecule has 0 aliphatic carbocycles. The Kier molecular flexibility index (Phi) is 4.31. The van der Waals surface area contributed by atoms with E-state index >= 15 is 0 Å². The van der Waals surface area contributed by atoms with Crippen molar-refractivity contribution in [3.05, 3.63) is 36.0 Å². The molecule has 2 rings (SSSR count). The fourth-order valence-corrected chi connectivity index (χ4v) is 2.28. The predicted molar refractivity (Wildman–Crippen MR) is 83.4 cm³/mol. The van der Waals surface area contributed by atoms with Gasteiger partial charge in [0.05, 0.1) is 0 Å². The van der Waals surface area contributed by atoms with Gasteiger partial charge in [0.1, 0.15) is 0 Å². The van der Waals surface area contributed by atoms with Gasteiger partial charge < -0.3 is 9.88 Å². The molecule has 0 unspecified atom stereocenters. The molecule has 1 aromatic heterocycles. The zero-order valence-electron chi connectivity index (χ0n) is 12.7. The van der Waals surface area contributed by atoms with Crippen LogP contribution < -0.4 is 5.32 Å². The highest BCUT2D eigenvalue weighted by Crippen LogP contribution is 2.23. The van der Waals surface area contributed by atoms with Crippen LogP contribution in [-0.4, -0.2) is 11.1 Å². The molecular weight excluding hydrogens is 232 g/mol. The standard InChI is InChI=1S/C17H26N2/c1-5-18-13-14-6-7-16-15(12-14)8-10-19(16)11-9-17(2,3)4/h6-8,10,12,18H,5,9,11,13H2,1-4H3. The van der Waals surface area contributed by atoms with Crippen molar-refractivity contribution in [1.82, 2.24) is 9.88 Å². The van der Waals surface area contributed by atoms with E-state index in [2.05, 4.69) is 68.0 Å². The Morgan fingerprint density at radius 3 is 2.63 bits per heavy atom. The Morgan fingerprint density at radius 2 is 1.95 bits per heavy atom. The highest BCUT2D eigenvalue weighted by Gasteiger charge is 2.11. The first-order valence-corrected chi connectivity index (χ1v) is 7.28. The molecule has 2 heteroatoms. The molecule has 0 atom stereocenters. The molecule has 0 aliphatic rings. The molecule has 0 spiro atoms. The third-order valence-corrected chi connectivity index (χ3v) is 3.52. The van der Waals surface area contributed by atoms with Crippen LogP contribution in [0.2, 0.25) is 0 Å². The summed E-state index contributed by atoms with van der Waals surface area (Å²) in [6, 6.07) is 9.02. The normalized spacial score (nSPS) is 12.2. The van der Waals surface area contributed by atoms with Gasteiger partial charge in [0, 0.05) is 24.8 Å². The molecule has 1 heterocycles. The molecule has 1 aromatic carbocycles. The molecule has 0 bridgehead atoms. The Morgan fingerprint density at radius 1 is 1.16 bits per heavy atom. The molecule has 0 aliphatic heterocycles. The molecule has 19 heavy (non-hydrogen) atoms. The van der Waals surface area contributed by atoms with E-state index in [4.69, 9.17) is 0 Å². The van der Waals surface area contributed by atoms with E-state index in [1.807, 2.05) is 0 Å². The minimum Gasteiger partial charge on any atom is -0.347 e. The van der Waals surface area contributed by atoms with Crippen molar-refractivity contribution in [3.63, 3.8) is 0 Å². The van der Waals surface area contributed by atoms with Crippen LogP contribution in [0.15, 0.2) is 30.5 Å². The summed E-state index contributed by atoms with van der Waals surface area (Å²) in [4.78, 5) is 0. The van der Waals surface area contributed by atoms with Gasteiger partial charge in [-0.05, 0) is 47.5 Å². The highest BCUT2D eigenvalue weighted by atomic mass is 14.9. The van der Waals surface area contributed by atoms with E-state index in [9.17, 15) is 0 Å². The Hall–Kier alpha value is -1.28. The van der Waals surface area contributed by atoms with Crippen LogP contribution >= 0.6 is 0 Å². The molecule has 2 nitrogen and oxygen atoms in total. The first-order chi connectivity index (χ1) is 8.99. The van der Waals surface area contributed by atoms with Crippen LogP contribution in [-0.2, 0) is 13.1 Å². The SMILES string of the molecule is CCNCc1ccc2c(ccn2CCC(C)(C)C)c1. The minimum atomic E-state index is 0.390. The summed E-state index contributed by atoms with van der Waals surface area (Å²) in [7, 11) is 0. The van der Waals surface area contributed by atoms with Gasteiger partial charge in [-0.1, -0.05) is 33.8 Å². The smallest absolute Gasteiger partial charge is 0.0480 e. The average Bonchev–Trinajstić information content (AvgIpc) is 2.75. The van der Waals surface area contributed by atoms with Gasteiger partial charge in [0.25, 0.3) is 0 Å². The lowest BCUT2D eigenvalue weighted by Crippen LogP contribution is -2.11. The van der Waals surface area contributed by atoms with Gasteiger partial charge in [-0.2, -0.15) is 0 Å². The number of nitrogens with zero attached hydrogens (tertiary/aromatic N) is 1. The van der Waals surface area contributed by atoms with Gasteiger partial charge in [-0.25, -0.2) is 0 Å². The second-order valence-corrected chi connectivity index (χ2v) is 6.49. The Bertz CT molecular complexity index is 532. The van der Waals surface area contributed by atoms with Crippen LogP contribution in [0.3, 0.4) is 0 Å². The van der Waals surface area contributed by atoms with Crippen molar-refractivity contribution in [3.8, 4) is 0 Å². The maximum absolute atomic E-state index is 3.37. The largest absolute Gasteiger partial charge is 0.347 e. The topological polar surface area (TPSA) is 17.0 Å². The van der Waals surface area contributed by atoms with Crippen molar-refractivity contribution in [2.24, 2.45) is 5.41 Å². The monoisotopic (exact) mass is 258 g/mol.